The van der Waals surface area contributed by atoms with Crippen LogP contribution in [0.1, 0.15) is 43.9 Å². The molecule has 0 spiro atoms. The van der Waals surface area contributed by atoms with Gasteiger partial charge in [-0.25, -0.2) is 9.36 Å². The summed E-state index contributed by atoms with van der Waals surface area (Å²) in [6.45, 7) is 7.29. The minimum atomic E-state index is -1.51. The summed E-state index contributed by atoms with van der Waals surface area (Å²) in [6.07, 6.45) is 3.24. The number of carbonyl (C=O) groups is 4. The first-order chi connectivity index (χ1) is 18.9. The number of pyridine rings is 1. The van der Waals surface area contributed by atoms with E-state index in [1.807, 2.05) is 0 Å². The van der Waals surface area contributed by atoms with Crippen LogP contribution in [0.15, 0.2) is 41.0 Å². The van der Waals surface area contributed by atoms with Crippen molar-refractivity contribution >= 4 is 57.9 Å². The van der Waals surface area contributed by atoms with E-state index >= 15 is 0 Å². The van der Waals surface area contributed by atoms with Crippen LogP contribution in [0, 0.1) is 0 Å². The van der Waals surface area contributed by atoms with Gasteiger partial charge in [0.05, 0.1) is 17.2 Å². The van der Waals surface area contributed by atoms with Crippen LogP contribution in [-0.4, -0.2) is 73.1 Å². The van der Waals surface area contributed by atoms with Gasteiger partial charge in [-0.15, -0.1) is 11.8 Å². The Morgan fingerprint density at radius 1 is 1.30 bits per heavy atom. The molecule has 0 bridgehead atoms. The van der Waals surface area contributed by atoms with Gasteiger partial charge in [0, 0.05) is 35.0 Å². The normalized spacial score (nSPS) is 19.1. The molecule has 2 aliphatic heterocycles. The first-order valence-corrected chi connectivity index (χ1v) is 13.9. The first-order valence-electron chi connectivity index (χ1n) is 12.1. The highest BCUT2D eigenvalue weighted by atomic mass is 32.2. The van der Waals surface area contributed by atoms with E-state index in [1.54, 1.807) is 56.8 Å². The summed E-state index contributed by atoms with van der Waals surface area (Å²) >= 11 is 2.16. The summed E-state index contributed by atoms with van der Waals surface area (Å²) in [7, 11) is 0. The summed E-state index contributed by atoms with van der Waals surface area (Å²) in [4.78, 5) is 60.5. The van der Waals surface area contributed by atoms with Gasteiger partial charge in [-0.2, -0.15) is 9.36 Å². The number of amides is 2. The number of carboxylic acid groups (broad SMARTS) is 1. The van der Waals surface area contributed by atoms with Crippen LogP contribution in [-0.2, 0) is 30.5 Å². The Bertz CT molecular complexity index is 1400. The van der Waals surface area contributed by atoms with Crippen molar-refractivity contribution < 1.29 is 38.4 Å². The lowest BCUT2D eigenvalue weighted by Crippen LogP contribution is -2.71. The second kappa shape index (κ2) is 11.6. The molecule has 4 heterocycles. The molecule has 0 aliphatic carbocycles. The smallest absolute Gasteiger partial charge is 0.339 e. The standard InChI is InChI=1S/C24H27N7O7S2/c1-5-37-28-14(17-27-23(25)40-29-17)18(32)26-15-19(33)31-16(21(34)35)13(11-39-20(15)31)10-30-8-6-12(7-9-30)22(36)38-24(2,3)4/h6-9,15,20H,5,10-11H2,1-4H3,(H3-,25,26,27,29,32,34,35)/t15?,20-/m0/s1. The molecular formula is C24H27N7O7S2. The summed E-state index contributed by atoms with van der Waals surface area (Å²) in [5.41, 5.74) is 5.25. The molecule has 2 aromatic rings. The Morgan fingerprint density at radius 3 is 2.58 bits per heavy atom. The molecule has 0 aromatic carbocycles. The monoisotopic (exact) mass is 589 g/mol. The zero-order chi connectivity index (χ0) is 29.2. The third kappa shape index (κ3) is 6.22. The van der Waals surface area contributed by atoms with E-state index in [0.717, 1.165) is 16.4 Å². The second-order valence-corrected chi connectivity index (χ2v) is 11.6. The lowest BCUT2D eigenvalue weighted by Gasteiger charge is -2.50. The third-order valence-corrected chi connectivity index (χ3v) is 7.46. The number of hydrogen-bond acceptors (Lipinski definition) is 13. The van der Waals surface area contributed by atoms with Gasteiger partial charge in [0.25, 0.3) is 11.8 Å². The van der Waals surface area contributed by atoms with Gasteiger partial charge < -0.3 is 30.5 Å². The fourth-order valence-corrected chi connectivity index (χ4v) is 5.67. The number of oxime groups is 1. The van der Waals surface area contributed by atoms with Gasteiger partial charge in [-0.05, 0) is 27.7 Å². The Kier molecular flexibility index (Phi) is 8.39. The van der Waals surface area contributed by atoms with Crippen molar-refractivity contribution in [1.29, 1.82) is 0 Å². The van der Waals surface area contributed by atoms with Crippen molar-refractivity contribution in [3.8, 4) is 0 Å². The molecule has 2 amide bonds. The minimum Gasteiger partial charge on any atom is -0.543 e. The average molecular weight is 590 g/mol. The number of ether oxygens (including phenoxy) is 1. The predicted octanol–water partition coefficient (Wildman–Crippen LogP) is -0.792. The number of hydrogen-bond donors (Lipinski definition) is 2. The molecular weight excluding hydrogens is 562 g/mol. The predicted molar refractivity (Wildman–Crippen MR) is 141 cm³/mol. The molecule has 40 heavy (non-hydrogen) atoms. The Balaban J connectivity index is 1.49. The van der Waals surface area contributed by atoms with Crippen molar-refractivity contribution in [1.82, 2.24) is 19.6 Å². The third-order valence-electron chi connectivity index (χ3n) is 5.58. The molecule has 0 saturated carbocycles. The maximum Gasteiger partial charge on any atom is 0.339 e. The fourth-order valence-electron chi connectivity index (χ4n) is 3.90. The van der Waals surface area contributed by atoms with Crippen LogP contribution < -0.4 is 20.7 Å². The van der Waals surface area contributed by atoms with E-state index in [9.17, 15) is 24.3 Å². The van der Waals surface area contributed by atoms with Crippen LogP contribution in [0.4, 0.5) is 5.13 Å². The van der Waals surface area contributed by atoms with Crippen LogP contribution in [0.5, 0.6) is 0 Å². The Hall–Kier alpha value is -4.05. The molecule has 2 atom stereocenters. The number of nitrogens with two attached hydrogens (primary N) is 1. The number of nitrogens with zero attached hydrogens (tertiary/aromatic N) is 5. The highest BCUT2D eigenvalue weighted by Gasteiger charge is 2.53. The molecule has 2 aliphatic rings. The van der Waals surface area contributed by atoms with Crippen LogP contribution in [0.3, 0.4) is 0 Å². The molecule has 14 nitrogen and oxygen atoms in total. The summed E-state index contributed by atoms with van der Waals surface area (Å²) in [5.74, 6) is -3.17. The lowest BCUT2D eigenvalue weighted by molar-refractivity contribution is -0.689. The van der Waals surface area contributed by atoms with Gasteiger partial charge in [0.1, 0.15) is 23.6 Å². The molecule has 4 rings (SSSR count). The number of thioether (sulfide) groups is 1. The van der Waals surface area contributed by atoms with Crippen molar-refractivity contribution in [2.24, 2.45) is 5.16 Å². The number of fused-ring (bicyclic) bond motifs is 1. The number of nitrogen functional groups attached to an aromatic ring is 1. The van der Waals surface area contributed by atoms with Gasteiger partial charge in [-0.1, -0.05) is 5.16 Å². The molecule has 3 N–H and O–H groups in total. The number of anilines is 1. The van der Waals surface area contributed by atoms with Crippen LogP contribution in [0.2, 0.25) is 0 Å². The summed E-state index contributed by atoms with van der Waals surface area (Å²) in [5, 5.41) is 17.9. The van der Waals surface area contributed by atoms with E-state index in [0.29, 0.717) is 11.1 Å². The van der Waals surface area contributed by atoms with Gasteiger partial charge in [0.15, 0.2) is 24.1 Å². The number of aliphatic carboxylic acids is 1. The second-order valence-electron chi connectivity index (χ2n) is 9.68. The van der Waals surface area contributed by atoms with Crippen LogP contribution >= 0.6 is 23.3 Å². The SMILES string of the molecule is CCON=C(C(=O)NC1C(=O)N2C(C(=O)[O-])=C(C[n+]3ccc(C(=O)OC(C)(C)C)cc3)CS[C@@H]12)c1nsc(N)n1. The average Bonchev–Trinajstić information content (AvgIpc) is 3.32. The lowest BCUT2D eigenvalue weighted by atomic mass is 10.0. The highest BCUT2D eigenvalue weighted by molar-refractivity contribution is 8.00. The fraction of sp³-hybridized carbons (Fsp3) is 0.417. The van der Waals surface area contributed by atoms with E-state index in [-0.39, 0.29) is 41.3 Å². The molecule has 212 valence electrons. The van der Waals surface area contributed by atoms with Gasteiger partial charge in [0.2, 0.25) is 11.5 Å². The molecule has 0 radical (unpaired) electrons. The number of carbonyl (C=O) groups excluding carboxylic acids is 4. The molecule has 1 unspecified atom stereocenters. The van der Waals surface area contributed by atoms with Crippen molar-refractivity contribution in [2.45, 2.75) is 51.3 Å². The zero-order valence-corrected chi connectivity index (χ0v) is 23.7. The minimum absolute atomic E-state index is 0.0549. The number of aromatic nitrogens is 3. The molecule has 2 aromatic heterocycles. The molecule has 1 saturated heterocycles. The molecule has 16 heteroatoms. The Labute approximate surface area is 237 Å². The highest BCUT2D eigenvalue weighted by Crippen LogP contribution is 2.40. The number of rotatable bonds is 9. The van der Waals surface area contributed by atoms with Crippen molar-refractivity contribution in [2.75, 3.05) is 18.1 Å². The number of esters is 1. The largest absolute Gasteiger partial charge is 0.543 e. The van der Waals surface area contributed by atoms with Gasteiger partial charge in [-0.3, -0.25) is 14.5 Å². The summed E-state index contributed by atoms with van der Waals surface area (Å²) in [6, 6.07) is 2.12. The summed E-state index contributed by atoms with van der Waals surface area (Å²) < 4.78 is 11.0. The van der Waals surface area contributed by atoms with Crippen molar-refractivity contribution in [3.05, 3.63) is 47.2 Å². The quantitative estimate of drug-likeness (QED) is 0.122. The maximum atomic E-state index is 13.0. The zero-order valence-electron chi connectivity index (χ0n) is 22.1. The van der Waals surface area contributed by atoms with Gasteiger partial charge >= 0.3 is 5.97 Å². The maximum absolute atomic E-state index is 13.0. The first kappa shape index (κ1) is 28.9. The number of nitrogens with one attached hydrogen (secondary N) is 1. The number of carboxylic acids is 1. The van der Waals surface area contributed by atoms with E-state index in [2.05, 4.69) is 19.8 Å². The Morgan fingerprint density at radius 2 is 2.00 bits per heavy atom. The van der Waals surface area contributed by atoms with E-state index < -0.39 is 40.8 Å². The topological polar surface area (TPSA) is 193 Å². The van der Waals surface area contributed by atoms with E-state index in [1.165, 1.54) is 11.8 Å². The van der Waals surface area contributed by atoms with E-state index in [4.69, 9.17) is 15.3 Å². The molecule has 1 fully saturated rings. The number of β-lactam (4-membered cyclic amide) rings is 1. The van der Waals surface area contributed by atoms with Crippen molar-refractivity contribution in [3.63, 3.8) is 0 Å². The van der Waals surface area contributed by atoms with Crippen LogP contribution in [0.25, 0.3) is 0 Å².